The Labute approximate surface area is 201 Å². The molecule has 1 amide bonds. The number of amides is 1. The number of carbonyl (C=O) groups excluding carboxylic acids is 2. The maximum atomic E-state index is 12.3. The van der Waals surface area contributed by atoms with Gasteiger partial charge in [-0.15, -0.1) is 0 Å². The van der Waals surface area contributed by atoms with Gasteiger partial charge in [-0.05, 0) is 48.5 Å². The molecular weight excluding hydrogens is 456 g/mol. The molecule has 0 aliphatic carbocycles. The molecule has 1 fully saturated rings. The van der Waals surface area contributed by atoms with Gasteiger partial charge in [0.2, 0.25) is 5.91 Å². The molecule has 1 atom stereocenters. The minimum atomic E-state index is -0.695. The van der Waals surface area contributed by atoms with E-state index in [0.717, 1.165) is 12.0 Å². The third-order valence-corrected chi connectivity index (χ3v) is 6.11. The fourth-order valence-electron chi connectivity index (χ4n) is 4.26. The first-order valence-corrected chi connectivity index (χ1v) is 11.0. The predicted octanol–water partition coefficient (Wildman–Crippen LogP) is 3.38. The Kier molecular flexibility index (Phi) is 5.54. The molecule has 9 nitrogen and oxygen atoms in total. The summed E-state index contributed by atoms with van der Waals surface area (Å²) in [5, 5.41) is 0.580. The normalized spacial score (nSPS) is 17.2. The Morgan fingerprint density at radius 2 is 1.91 bits per heavy atom. The van der Waals surface area contributed by atoms with E-state index < -0.39 is 6.17 Å². The molecule has 2 N–H and O–H groups in total. The highest BCUT2D eigenvalue weighted by atomic mass is 35.5. The minimum absolute atomic E-state index is 0.0948. The Bertz CT molecular complexity index is 1260. The van der Waals surface area contributed by atoms with Gasteiger partial charge in [0, 0.05) is 23.8 Å². The van der Waals surface area contributed by atoms with Gasteiger partial charge in [0.25, 0.3) is 0 Å². The standard InChI is InChI=1S/C24H21ClN6O3/c1-2-21(33)29-11-17(12-29)31-20(13-32)30(22-23(26)27-14-28-24(22)31)16-6-8-18(9-7-16)34-19-5-3-4-15(25)10-19/h2-10,13-14,17,20H,1,11-12H2,(H2,26,27,28). The van der Waals surface area contributed by atoms with E-state index in [9.17, 15) is 9.59 Å². The van der Waals surface area contributed by atoms with Crippen molar-refractivity contribution in [1.82, 2.24) is 14.9 Å². The number of fused-ring (bicyclic) bond motifs is 1. The van der Waals surface area contributed by atoms with E-state index in [1.165, 1.54) is 12.4 Å². The topological polar surface area (TPSA) is 105 Å². The summed E-state index contributed by atoms with van der Waals surface area (Å²) in [5.41, 5.74) is 7.51. The van der Waals surface area contributed by atoms with Crippen LogP contribution in [0.15, 0.2) is 67.5 Å². The van der Waals surface area contributed by atoms with Crippen LogP contribution >= 0.6 is 11.6 Å². The molecule has 1 aromatic heterocycles. The molecule has 0 saturated carbocycles. The molecule has 1 saturated heterocycles. The van der Waals surface area contributed by atoms with E-state index >= 15 is 0 Å². The summed E-state index contributed by atoms with van der Waals surface area (Å²) >= 11 is 6.03. The SMILES string of the molecule is C=CC(=O)N1CC(N2c3ncnc(N)c3N(c3ccc(Oc4cccc(Cl)c4)cc3)C2C=O)C1. The van der Waals surface area contributed by atoms with E-state index in [1.54, 1.807) is 34.1 Å². The lowest BCUT2D eigenvalue weighted by Gasteiger charge is -2.45. The number of hydrogen-bond acceptors (Lipinski definition) is 8. The fourth-order valence-corrected chi connectivity index (χ4v) is 4.44. The van der Waals surface area contributed by atoms with Gasteiger partial charge in [0.15, 0.2) is 24.1 Å². The number of benzene rings is 2. The lowest BCUT2D eigenvalue weighted by molar-refractivity contribution is -0.130. The first kappa shape index (κ1) is 21.7. The Hall–Kier alpha value is -4.11. The third kappa shape index (κ3) is 3.69. The first-order valence-electron chi connectivity index (χ1n) is 10.6. The van der Waals surface area contributed by atoms with E-state index in [4.69, 9.17) is 22.1 Å². The van der Waals surface area contributed by atoms with Crippen LogP contribution in [0.1, 0.15) is 0 Å². The van der Waals surface area contributed by atoms with E-state index in [-0.39, 0.29) is 17.8 Å². The van der Waals surface area contributed by atoms with Gasteiger partial charge in [0.1, 0.15) is 23.5 Å². The van der Waals surface area contributed by atoms with Crippen molar-refractivity contribution in [3.63, 3.8) is 0 Å². The largest absolute Gasteiger partial charge is 0.457 e. The highest BCUT2D eigenvalue weighted by Gasteiger charge is 2.47. The summed E-state index contributed by atoms with van der Waals surface area (Å²) < 4.78 is 5.88. The molecule has 5 rings (SSSR count). The molecular formula is C24H21ClN6O3. The second-order valence-corrected chi connectivity index (χ2v) is 8.35. The quantitative estimate of drug-likeness (QED) is 0.426. The summed E-state index contributed by atoms with van der Waals surface area (Å²) in [6.07, 6.45) is 2.81. The number of anilines is 4. The van der Waals surface area contributed by atoms with Gasteiger partial charge < -0.3 is 25.2 Å². The monoisotopic (exact) mass is 476 g/mol. The van der Waals surface area contributed by atoms with E-state index in [1.807, 2.05) is 29.2 Å². The second-order valence-electron chi connectivity index (χ2n) is 7.91. The number of hydrogen-bond donors (Lipinski definition) is 1. The van der Waals surface area contributed by atoms with Crippen LogP contribution in [0, 0.1) is 0 Å². The number of nitrogens with two attached hydrogens (primary N) is 1. The van der Waals surface area contributed by atoms with Crippen LogP contribution in [-0.2, 0) is 9.59 Å². The maximum absolute atomic E-state index is 12.3. The van der Waals surface area contributed by atoms with E-state index in [0.29, 0.717) is 41.1 Å². The van der Waals surface area contributed by atoms with Crippen molar-refractivity contribution >= 4 is 46.8 Å². The fraction of sp³-hybridized carbons (Fsp3) is 0.167. The Morgan fingerprint density at radius 3 is 2.59 bits per heavy atom. The van der Waals surface area contributed by atoms with Crippen molar-refractivity contribution in [1.29, 1.82) is 0 Å². The van der Waals surface area contributed by atoms with Gasteiger partial charge >= 0.3 is 0 Å². The number of rotatable bonds is 6. The average Bonchev–Trinajstić information content (AvgIpc) is 3.14. The number of carbonyl (C=O) groups is 2. The number of aromatic nitrogens is 2. The minimum Gasteiger partial charge on any atom is -0.457 e. The van der Waals surface area contributed by atoms with Crippen molar-refractivity contribution in [2.45, 2.75) is 12.2 Å². The Morgan fingerprint density at radius 1 is 1.15 bits per heavy atom. The van der Waals surface area contributed by atoms with Crippen molar-refractivity contribution < 1.29 is 14.3 Å². The second kappa shape index (κ2) is 8.68. The van der Waals surface area contributed by atoms with Gasteiger partial charge in [-0.25, -0.2) is 9.97 Å². The first-order chi connectivity index (χ1) is 16.5. The number of nitrogens with zero attached hydrogens (tertiary/aromatic N) is 5. The van der Waals surface area contributed by atoms with Gasteiger partial charge in [-0.1, -0.05) is 24.2 Å². The number of ether oxygens (including phenoxy) is 1. The van der Waals surface area contributed by atoms with Crippen molar-refractivity contribution in [3.05, 3.63) is 72.5 Å². The number of aldehydes is 1. The van der Waals surface area contributed by atoms with Crippen LogP contribution < -0.4 is 20.3 Å². The number of nitrogen functional groups attached to an aromatic ring is 1. The zero-order valence-corrected chi connectivity index (χ0v) is 18.8. The van der Waals surface area contributed by atoms with Crippen molar-refractivity contribution in [2.24, 2.45) is 0 Å². The molecule has 2 aliphatic heterocycles. The van der Waals surface area contributed by atoms with Crippen LogP contribution in [0.3, 0.4) is 0 Å². The number of halogens is 1. The molecule has 172 valence electrons. The molecule has 3 heterocycles. The summed E-state index contributed by atoms with van der Waals surface area (Å²) in [5.74, 6) is 1.90. The summed E-state index contributed by atoms with van der Waals surface area (Å²) in [4.78, 5) is 38.2. The van der Waals surface area contributed by atoms with Crippen LogP contribution in [0.4, 0.5) is 23.0 Å². The van der Waals surface area contributed by atoms with Crippen LogP contribution in [-0.4, -0.2) is 52.4 Å². The summed E-state index contributed by atoms with van der Waals surface area (Å²) in [7, 11) is 0. The number of likely N-dealkylation sites (tertiary alicyclic amines) is 1. The van der Waals surface area contributed by atoms with E-state index in [2.05, 4.69) is 16.5 Å². The summed E-state index contributed by atoms with van der Waals surface area (Å²) in [6, 6.07) is 14.3. The molecule has 3 aromatic rings. The smallest absolute Gasteiger partial charge is 0.246 e. The molecule has 2 aromatic carbocycles. The lowest BCUT2D eigenvalue weighted by Crippen LogP contribution is -2.64. The third-order valence-electron chi connectivity index (χ3n) is 5.88. The average molecular weight is 477 g/mol. The predicted molar refractivity (Wildman–Crippen MR) is 129 cm³/mol. The van der Waals surface area contributed by atoms with Crippen molar-refractivity contribution in [2.75, 3.05) is 28.6 Å². The van der Waals surface area contributed by atoms with Gasteiger partial charge in [-0.2, -0.15) is 0 Å². The molecule has 1 unspecified atom stereocenters. The van der Waals surface area contributed by atoms with Gasteiger partial charge in [0.05, 0.1) is 6.04 Å². The maximum Gasteiger partial charge on any atom is 0.246 e. The summed E-state index contributed by atoms with van der Waals surface area (Å²) in [6.45, 7) is 4.45. The van der Waals surface area contributed by atoms with Gasteiger partial charge in [-0.3, -0.25) is 9.59 Å². The van der Waals surface area contributed by atoms with Crippen LogP contribution in [0.2, 0.25) is 5.02 Å². The molecule has 0 radical (unpaired) electrons. The molecule has 10 heteroatoms. The zero-order valence-electron chi connectivity index (χ0n) is 18.0. The van der Waals surface area contributed by atoms with Crippen molar-refractivity contribution in [3.8, 4) is 11.5 Å². The zero-order chi connectivity index (χ0) is 23.8. The van der Waals surface area contributed by atoms with Crippen LogP contribution in [0.5, 0.6) is 11.5 Å². The molecule has 0 bridgehead atoms. The molecule has 0 spiro atoms. The lowest BCUT2D eigenvalue weighted by atomic mass is 10.1. The molecule has 2 aliphatic rings. The Balaban J connectivity index is 1.45. The van der Waals surface area contributed by atoms with Crippen LogP contribution in [0.25, 0.3) is 0 Å². The highest BCUT2D eigenvalue weighted by molar-refractivity contribution is 6.30. The highest BCUT2D eigenvalue weighted by Crippen LogP contribution is 2.47. The molecule has 34 heavy (non-hydrogen) atoms.